The lowest BCUT2D eigenvalue weighted by molar-refractivity contribution is 0.102. The maximum atomic E-state index is 12.2. The van der Waals surface area contributed by atoms with E-state index in [1.165, 1.54) is 19.4 Å². The van der Waals surface area contributed by atoms with E-state index in [1.54, 1.807) is 30.3 Å². The molecule has 0 saturated carbocycles. The Morgan fingerprint density at radius 3 is 2.83 bits per heavy atom. The summed E-state index contributed by atoms with van der Waals surface area (Å²) in [5.41, 5.74) is 1.57. The molecule has 0 spiro atoms. The summed E-state index contributed by atoms with van der Waals surface area (Å²) in [5.74, 6) is 0.170. The second-order valence-corrected chi connectivity index (χ2v) is 4.99. The van der Waals surface area contributed by atoms with E-state index < -0.39 is 5.63 Å². The van der Waals surface area contributed by atoms with Crippen LogP contribution in [0.15, 0.2) is 51.8 Å². The van der Waals surface area contributed by atoms with Crippen LogP contribution >= 0.6 is 0 Å². The SMILES string of the molecule is COc1ccnc(C(=O)Nc2ccc3c(C)cc(=O)oc3c2)c1. The van der Waals surface area contributed by atoms with Gasteiger partial charge in [0.25, 0.3) is 5.91 Å². The van der Waals surface area contributed by atoms with Crippen LogP contribution in [0.2, 0.25) is 0 Å². The summed E-state index contributed by atoms with van der Waals surface area (Å²) in [4.78, 5) is 27.7. The molecule has 116 valence electrons. The third-order valence-electron chi connectivity index (χ3n) is 3.41. The van der Waals surface area contributed by atoms with E-state index in [1.807, 2.05) is 6.92 Å². The summed E-state index contributed by atoms with van der Waals surface area (Å²) in [6.07, 6.45) is 1.50. The van der Waals surface area contributed by atoms with Crippen LogP contribution in [-0.4, -0.2) is 18.0 Å². The predicted molar refractivity (Wildman–Crippen MR) is 86.0 cm³/mol. The van der Waals surface area contributed by atoms with Gasteiger partial charge >= 0.3 is 5.63 Å². The zero-order valence-corrected chi connectivity index (χ0v) is 12.6. The number of aryl methyl sites for hydroxylation is 1. The highest BCUT2D eigenvalue weighted by Crippen LogP contribution is 2.21. The maximum absolute atomic E-state index is 12.2. The Hall–Kier alpha value is -3.15. The molecule has 0 unspecified atom stereocenters. The number of carbonyl (C=O) groups is 1. The number of ether oxygens (including phenoxy) is 1. The molecule has 0 saturated heterocycles. The van der Waals surface area contributed by atoms with Crippen molar-refractivity contribution in [2.45, 2.75) is 6.92 Å². The van der Waals surface area contributed by atoms with Crippen LogP contribution in [0.25, 0.3) is 11.0 Å². The van der Waals surface area contributed by atoms with Crippen LogP contribution in [0.1, 0.15) is 16.1 Å². The summed E-state index contributed by atoms with van der Waals surface area (Å²) >= 11 is 0. The first-order valence-electron chi connectivity index (χ1n) is 6.93. The normalized spacial score (nSPS) is 10.5. The van der Waals surface area contributed by atoms with Gasteiger partial charge in [0.05, 0.1) is 7.11 Å². The van der Waals surface area contributed by atoms with Gasteiger partial charge in [-0.15, -0.1) is 0 Å². The molecule has 0 radical (unpaired) electrons. The molecular formula is C17H14N2O4. The Morgan fingerprint density at radius 2 is 2.04 bits per heavy atom. The molecule has 1 aromatic carbocycles. The molecule has 6 nitrogen and oxygen atoms in total. The van der Waals surface area contributed by atoms with E-state index in [2.05, 4.69) is 10.3 Å². The molecule has 0 fully saturated rings. The summed E-state index contributed by atoms with van der Waals surface area (Å²) in [7, 11) is 1.52. The third-order valence-corrected chi connectivity index (χ3v) is 3.41. The number of benzene rings is 1. The number of fused-ring (bicyclic) bond motifs is 1. The number of rotatable bonds is 3. The lowest BCUT2D eigenvalue weighted by atomic mass is 10.1. The molecule has 6 heteroatoms. The maximum Gasteiger partial charge on any atom is 0.336 e. The summed E-state index contributed by atoms with van der Waals surface area (Å²) in [6, 6.07) is 9.78. The van der Waals surface area contributed by atoms with Crippen molar-refractivity contribution in [3.63, 3.8) is 0 Å². The topological polar surface area (TPSA) is 81.4 Å². The van der Waals surface area contributed by atoms with Gasteiger partial charge in [0.15, 0.2) is 0 Å². The van der Waals surface area contributed by atoms with Gasteiger partial charge in [-0.1, -0.05) is 0 Å². The number of carbonyl (C=O) groups excluding carboxylic acids is 1. The molecule has 0 aliphatic heterocycles. The minimum atomic E-state index is -0.423. The molecular weight excluding hydrogens is 296 g/mol. The van der Waals surface area contributed by atoms with Crippen molar-refractivity contribution in [3.8, 4) is 5.75 Å². The van der Waals surface area contributed by atoms with Crippen molar-refractivity contribution < 1.29 is 13.9 Å². The van der Waals surface area contributed by atoms with Crippen LogP contribution in [-0.2, 0) is 0 Å². The first-order valence-corrected chi connectivity index (χ1v) is 6.93. The fraction of sp³-hybridized carbons (Fsp3) is 0.118. The van der Waals surface area contributed by atoms with Crippen molar-refractivity contribution >= 4 is 22.6 Å². The number of pyridine rings is 1. The molecule has 2 heterocycles. The van der Waals surface area contributed by atoms with Crippen molar-refractivity contribution in [1.82, 2.24) is 4.98 Å². The molecule has 23 heavy (non-hydrogen) atoms. The summed E-state index contributed by atoms with van der Waals surface area (Å²) < 4.78 is 10.2. The van der Waals surface area contributed by atoms with Crippen LogP contribution < -0.4 is 15.7 Å². The Kier molecular flexibility index (Phi) is 3.80. The average Bonchev–Trinajstić information content (AvgIpc) is 2.54. The summed E-state index contributed by atoms with van der Waals surface area (Å²) in [5, 5.41) is 3.54. The van der Waals surface area contributed by atoms with Crippen molar-refractivity contribution in [1.29, 1.82) is 0 Å². The van der Waals surface area contributed by atoms with Crippen molar-refractivity contribution in [2.24, 2.45) is 0 Å². The van der Waals surface area contributed by atoms with Gasteiger partial charge in [-0.3, -0.25) is 9.78 Å². The van der Waals surface area contributed by atoms with Gasteiger partial charge < -0.3 is 14.5 Å². The van der Waals surface area contributed by atoms with E-state index >= 15 is 0 Å². The number of anilines is 1. The van der Waals surface area contributed by atoms with E-state index in [0.29, 0.717) is 17.0 Å². The van der Waals surface area contributed by atoms with Crippen LogP contribution in [0.3, 0.4) is 0 Å². The Balaban J connectivity index is 1.91. The minimum Gasteiger partial charge on any atom is -0.497 e. The zero-order chi connectivity index (χ0) is 16.4. The number of aromatic nitrogens is 1. The number of nitrogens with zero attached hydrogens (tertiary/aromatic N) is 1. The molecule has 0 aliphatic carbocycles. The first kappa shape index (κ1) is 14.8. The molecule has 1 N–H and O–H groups in total. The smallest absolute Gasteiger partial charge is 0.336 e. The van der Waals surface area contributed by atoms with Gasteiger partial charge in [0.1, 0.15) is 17.0 Å². The molecule has 1 amide bonds. The van der Waals surface area contributed by atoms with E-state index in [9.17, 15) is 9.59 Å². The lowest BCUT2D eigenvalue weighted by Gasteiger charge is -2.07. The van der Waals surface area contributed by atoms with Gasteiger partial charge in [-0.25, -0.2) is 4.79 Å². The van der Waals surface area contributed by atoms with Gasteiger partial charge in [0.2, 0.25) is 0 Å². The number of hydrogen-bond donors (Lipinski definition) is 1. The van der Waals surface area contributed by atoms with Gasteiger partial charge in [0, 0.05) is 35.5 Å². The highest BCUT2D eigenvalue weighted by molar-refractivity contribution is 6.03. The Labute approximate surface area is 131 Å². The van der Waals surface area contributed by atoms with E-state index in [0.717, 1.165) is 10.9 Å². The fourth-order valence-corrected chi connectivity index (χ4v) is 2.26. The molecule has 3 rings (SSSR count). The number of methoxy groups -OCH3 is 1. The van der Waals surface area contributed by atoms with E-state index in [-0.39, 0.29) is 11.6 Å². The molecule has 0 aliphatic rings. The quantitative estimate of drug-likeness (QED) is 0.752. The molecule has 3 aromatic rings. The lowest BCUT2D eigenvalue weighted by Crippen LogP contribution is -2.13. The molecule has 2 aromatic heterocycles. The number of amides is 1. The van der Waals surface area contributed by atoms with Gasteiger partial charge in [-0.2, -0.15) is 0 Å². The minimum absolute atomic E-state index is 0.232. The Morgan fingerprint density at radius 1 is 1.22 bits per heavy atom. The third kappa shape index (κ3) is 3.06. The van der Waals surface area contributed by atoms with Crippen LogP contribution in [0.4, 0.5) is 5.69 Å². The van der Waals surface area contributed by atoms with Crippen LogP contribution in [0, 0.1) is 6.92 Å². The number of hydrogen-bond acceptors (Lipinski definition) is 5. The predicted octanol–water partition coefficient (Wildman–Crippen LogP) is 2.76. The molecule has 0 atom stereocenters. The monoisotopic (exact) mass is 310 g/mol. The fourth-order valence-electron chi connectivity index (χ4n) is 2.26. The van der Waals surface area contributed by atoms with Crippen molar-refractivity contribution in [2.75, 3.05) is 12.4 Å². The summed E-state index contributed by atoms with van der Waals surface area (Å²) in [6.45, 7) is 1.83. The highest BCUT2D eigenvalue weighted by Gasteiger charge is 2.10. The van der Waals surface area contributed by atoms with Gasteiger partial charge in [-0.05, 0) is 30.7 Å². The average molecular weight is 310 g/mol. The largest absolute Gasteiger partial charge is 0.497 e. The second-order valence-electron chi connectivity index (χ2n) is 4.99. The number of nitrogens with one attached hydrogen (secondary N) is 1. The first-order chi connectivity index (χ1) is 11.1. The van der Waals surface area contributed by atoms with Crippen molar-refractivity contribution in [3.05, 3.63) is 64.3 Å². The molecule has 0 bridgehead atoms. The standard InChI is InChI=1S/C17H14N2O4/c1-10-7-16(20)23-15-8-11(3-4-13(10)15)19-17(21)14-9-12(22-2)5-6-18-14/h3-9H,1-2H3,(H,19,21). The second kappa shape index (κ2) is 5.92. The zero-order valence-electron chi connectivity index (χ0n) is 12.6. The van der Waals surface area contributed by atoms with E-state index in [4.69, 9.17) is 9.15 Å². The Bertz CT molecular complexity index is 947. The van der Waals surface area contributed by atoms with Crippen LogP contribution in [0.5, 0.6) is 5.75 Å². The highest BCUT2D eigenvalue weighted by atomic mass is 16.5.